The second-order valence-corrected chi connectivity index (χ2v) is 8.93. The zero-order valence-electron chi connectivity index (χ0n) is 18.6. The lowest BCUT2D eigenvalue weighted by molar-refractivity contribution is 0.0320. The van der Waals surface area contributed by atoms with Gasteiger partial charge in [0.1, 0.15) is 6.26 Å². The number of benzene rings is 1. The number of carbonyl (C=O) groups is 1. The smallest absolute Gasteiger partial charge is 0.273 e. The van der Waals surface area contributed by atoms with Crippen LogP contribution in [0.15, 0.2) is 28.9 Å². The van der Waals surface area contributed by atoms with Crippen LogP contribution in [0.1, 0.15) is 21.9 Å². The van der Waals surface area contributed by atoms with Gasteiger partial charge < -0.3 is 19.4 Å². The van der Waals surface area contributed by atoms with Crippen molar-refractivity contribution in [3.63, 3.8) is 0 Å². The van der Waals surface area contributed by atoms with Crippen molar-refractivity contribution in [2.24, 2.45) is 0 Å². The summed E-state index contributed by atoms with van der Waals surface area (Å²) in [5.41, 5.74) is 1.27. The highest BCUT2D eigenvalue weighted by Gasteiger charge is 2.18. The van der Waals surface area contributed by atoms with E-state index >= 15 is 0 Å². The Morgan fingerprint density at radius 1 is 1.19 bits per heavy atom. The number of amides is 1. The highest BCUT2D eigenvalue weighted by molar-refractivity contribution is 6.35. The van der Waals surface area contributed by atoms with Crippen molar-refractivity contribution in [1.82, 2.24) is 25.0 Å². The third-order valence-corrected chi connectivity index (χ3v) is 5.82. The molecule has 1 amide bonds. The first kappa shape index (κ1) is 25.0. The molecule has 10 heteroatoms. The molecule has 32 heavy (non-hydrogen) atoms. The van der Waals surface area contributed by atoms with Crippen LogP contribution in [0.5, 0.6) is 0 Å². The highest BCUT2D eigenvalue weighted by Crippen LogP contribution is 2.23. The number of aromatic nitrogens is 1. The van der Waals surface area contributed by atoms with Gasteiger partial charge >= 0.3 is 0 Å². The lowest BCUT2D eigenvalue weighted by atomic mass is 10.2. The van der Waals surface area contributed by atoms with Crippen molar-refractivity contribution in [2.75, 3.05) is 66.6 Å². The van der Waals surface area contributed by atoms with Crippen molar-refractivity contribution < 1.29 is 13.9 Å². The molecule has 1 aliphatic heterocycles. The quantitative estimate of drug-likeness (QED) is 0.526. The Bertz CT molecular complexity index is 871. The summed E-state index contributed by atoms with van der Waals surface area (Å²) in [5.74, 6) is 0.261. The standard InChI is InChI=1S/C22H31Cl2N5O3/c1-27(2)6-5-25-22(30)20-16-32-21(26-20)15-29(8-7-28-9-11-31-12-10-28)14-17-3-4-18(23)13-19(17)24/h3-4,13,16H,5-12,14-15H2,1-2H3,(H,25,30). The van der Waals surface area contributed by atoms with Crippen LogP contribution in [-0.4, -0.2) is 92.2 Å². The third-order valence-electron chi connectivity index (χ3n) is 5.23. The minimum absolute atomic E-state index is 0.234. The van der Waals surface area contributed by atoms with Crippen LogP contribution in [0.25, 0.3) is 0 Å². The van der Waals surface area contributed by atoms with Gasteiger partial charge in [0.2, 0.25) is 5.89 Å². The van der Waals surface area contributed by atoms with Gasteiger partial charge in [-0.05, 0) is 31.8 Å². The third kappa shape index (κ3) is 8.03. The molecule has 2 aromatic rings. The zero-order valence-corrected chi connectivity index (χ0v) is 20.2. The monoisotopic (exact) mass is 483 g/mol. The lowest BCUT2D eigenvalue weighted by Crippen LogP contribution is -2.41. The zero-order chi connectivity index (χ0) is 22.9. The van der Waals surface area contributed by atoms with Crippen LogP contribution in [0.3, 0.4) is 0 Å². The van der Waals surface area contributed by atoms with E-state index in [1.54, 1.807) is 6.07 Å². The first-order valence-corrected chi connectivity index (χ1v) is 11.5. The largest absolute Gasteiger partial charge is 0.447 e. The predicted octanol–water partition coefficient (Wildman–Crippen LogP) is 2.61. The number of morpholine rings is 1. The Kier molecular flexibility index (Phi) is 9.77. The van der Waals surface area contributed by atoms with Crippen molar-refractivity contribution in [3.05, 3.63) is 51.7 Å². The van der Waals surface area contributed by atoms with Gasteiger partial charge in [0, 0.05) is 55.9 Å². The molecule has 0 spiro atoms. The van der Waals surface area contributed by atoms with Gasteiger partial charge in [-0.1, -0.05) is 29.3 Å². The Morgan fingerprint density at radius 2 is 1.97 bits per heavy atom. The van der Waals surface area contributed by atoms with E-state index in [2.05, 4.69) is 20.1 Å². The Labute approximate surface area is 199 Å². The second-order valence-electron chi connectivity index (χ2n) is 8.09. The second kappa shape index (κ2) is 12.5. The van der Waals surface area contributed by atoms with Crippen LogP contribution in [0, 0.1) is 0 Å². The first-order valence-electron chi connectivity index (χ1n) is 10.7. The lowest BCUT2D eigenvalue weighted by Gasteiger charge is -2.29. The van der Waals surface area contributed by atoms with Gasteiger partial charge in [-0.15, -0.1) is 0 Å². The summed E-state index contributed by atoms with van der Waals surface area (Å²) < 4.78 is 11.1. The van der Waals surface area contributed by atoms with Crippen LogP contribution < -0.4 is 5.32 Å². The Hall–Kier alpha value is -1.68. The molecule has 0 radical (unpaired) electrons. The molecule has 8 nitrogen and oxygen atoms in total. The van der Waals surface area contributed by atoms with E-state index in [-0.39, 0.29) is 11.6 Å². The average Bonchev–Trinajstić information content (AvgIpc) is 3.23. The maximum absolute atomic E-state index is 12.3. The van der Waals surface area contributed by atoms with Crippen molar-refractivity contribution in [2.45, 2.75) is 13.1 Å². The number of carbonyl (C=O) groups excluding carboxylic acids is 1. The van der Waals surface area contributed by atoms with Crippen molar-refractivity contribution >= 4 is 29.1 Å². The number of ether oxygens (including phenoxy) is 1. The van der Waals surface area contributed by atoms with E-state index in [1.165, 1.54) is 6.26 Å². The molecule has 0 atom stereocenters. The molecule has 2 heterocycles. The summed E-state index contributed by atoms with van der Waals surface area (Å²) in [6, 6.07) is 5.52. The van der Waals surface area contributed by atoms with Crippen molar-refractivity contribution in [3.8, 4) is 0 Å². The molecule has 0 saturated carbocycles. The van der Waals surface area contributed by atoms with E-state index in [0.29, 0.717) is 35.6 Å². The van der Waals surface area contributed by atoms with E-state index in [4.69, 9.17) is 32.4 Å². The van der Waals surface area contributed by atoms with E-state index in [1.807, 2.05) is 31.1 Å². The molecular weight excluding hydrogens is 453 g/mol. The molecule has 3 rings (SSSR count). The average molecular weight is 484 g/mol. The summed E-state index contributed by atoms with van der Waals surface area (Å²) in [5, 5.41) is 4.09. The normalized spacial score (nSPS) is 14.9. The first-order chi connectivity index (χ1) is 15.4. The van der Waals surface area contributed by atoms with Crippen LogP contribution >= 0.6 is 23.2 Å². The molecule has 1 N–H and O–H groups in total. The molecule has 1 fully saturated rings. The maximum Gasteiger partial charge on any atom is 0.273 e. The molecule has 0 unspecified atom stereocenters. The SMILES string of the molecule is CN(C)CCNC(=O)c1coc(CN(CCN2CCOCC2)Cc2ccc(Cl)cc2Cl)n1. The Balaban J connectivity index is 1.63. The van der Waals surface area contributed by atoms with Gasteiger partial charge in [-0.2, -0.15) is 0 Å². The van der Waals surface area contributed by atoms with Crippen molar-refractivity contribution in [1.29, 1.82) is 0 Å². The summed E-state index contributed by atoms with van der Waals surface area (Å²) in [6.45, 7) is 7.45. The van der Waals surface area contributed by atoms with Crippen LogP contribution in [0.4, 0.5) is 0 Å². The summed E-state index contributed by atoms with van der Waals surface area (Å²) in [7, 11) is 3.91. The summed E-state index contributed by atoms with van der Waals surface area (Å²) in [4.78, 5) is 23.3. The number of hydrogen-bond donors (Lipinski definition) is 1. The van der Waals surface area contributed by atoms with Crippen LogP contribution in [-0.2, 0) is 17.8 Å². The van der Waals surface area contributed by atoms with E-state index in [9.17, 15) is 4.79 Å². The fourth-order valence-electron chi connectivity index (χ4n) is 3.38. The number of likely N-dealkylation sites (N-methyl/N-ethyl adjacent to an activating group) is 1. The fraction of sp³-hybridized carbons (Fsp3) is 0.545. The number of rotatable bonds is 11. The molecule has 176 valence electrons. The van der Waals surface area contributed by atoms with Gasteiger partial charge in [0.05, 0.1) is 19.8 Å². The number of hydrogen-bond acceptors (Lipinski definition) is 7. The summed E-state index contributed by atoms with van der Waals surface area (Å²) in [6.07, 6.45) is 1.41. The number of oxazole rings is 1. The molecule has 1 saturated heterocycles. The Morgan fingerprint density at radius 3 is 2.69 bits per heavy atom. The van der Waals surface area contributed by atoms with Gasteiger partial charge in [0.25, 0.3) is 5.91 Å². The highest BCUT2D eigenvalue weighted by atomic mass is 35.5. The summed E-state index contributed by atoms with van der Waals surface area (Å²) >= 11 is 12.5. The molecule has 1 aromatic heterocycles. The van der Waals surface area contributed by atoms with Gasteiger partial charge in [-0.25, -0.2) is 4.98 Å². The molecule has 0 aliphatic carbocycles. The molecular formula is C22H31Cl2N5O3. The van der Waals surface area contributed by atoms with E-state index in [0.717, 1.165) is 51.5 Å². The molecule has 1 aromatic carbocycles. The van der Waals surface area contributed by atoms with Crippen LogP contribution in [0.2, 0.25) is 10.0 Å². The minimum atomic E-state index is -0.234. The minimum Gasteiger partial charge on any atom is -0.447 e. The number of nitrogens with one attached hydrogen (secondary N) is 1. The molecule has 1 aliphatic rings. The molecule has 0 bridgehead atoms. The van der Waals surface area contributed by atoms with Gasteiger partial charge in [-0.3, -0.25) is 14.6 Å². The topological polar surface area (TPSA) is 74.1 Å². The predicted molar refractivity (Wildman–Crippen MR) is 125 cm³/mol. The maximum atomic E-state index is 12.3. The number of nitrogens with zero attached hydrogens (tertiary/aromatic N) is 4. The number of halogens is 2. The fourth-order valence-corrected chi connectivity index (χ4v) is 3.84. The van der Waals surface area contributed by atoms with E-state index < -0.39 is 0 Å². The van der Waals surface area contributed by atoms with Gasteiger partial charge in [0.15, 0.2) is 5.69 Å².